The summed E-state index contributed by atoms with van der Waals surface area (Å²) in [5.41, 5.74) is 0.225. The summed E-state index contributed by atoms with van der Waals surface area (Å²) in [6.45, 7) is 0. The maximum Gasteiger partial charge on any atom is 0.324 e. The van der Waals surface area contributed by atoms with E-state index in [2.05, 4.69) is 5.32 Å². The first-order valence-electron chi connectivity index (χ1n) is 5.20. The van der Waals surface area contributed by atoms with Gasteiger partial charge in [0.25, 0.3) is 0 Å². The summed E-state index contributed by atoms with van der Waals surface area (Å²) in [7, 11) is 3.29. The molecule has 1 saturated carbocycles. The van der Waals surface area contributed by atoms with Crippen molar-refractivity contribution in [1.82, 2.24) is 5.32 Å². The van der Waals surface area contributed by atoms with Gasteiger partial charge in [0.05, 0.1) is 7.11 Å². The highest BCUT2D eigenvalue weighted by molar-refractivity contribution is 5.85. The number of nitrogens with one attached hydrogen (secondary N) is 1. The monoisotopic (exact) mass is 221 g/mol. The zero-order valence-electron chi connectivity index (χ0n) is 9.36. The van der Waals surface area contributed by atoms with Gasteiger partial charge in [-0.05, 0) is 31.2 Å². The first kappa shape index (κ1) is 11.0. The van der Waals surface area contributed by atoms with Crippen LogP contribution in [0.15, 0.2) is 24.3 Å². The zero-order valence-corrected chi connectivity index (χ0v) is 9.36. The van der Waals surface area contributed by atoms with Gasteiger partial charge in [-0.3, -0.25) is 4.79 Å². The molecule has 0 bridgehead atoms. The van der Waals surface area contributed by atoms with E-state index in [1.54, 1.807) is 14.2 Å². The average Bonchev–Trinajstić information content (AvgIpc) is 3.05. The molecule has 4 heteroatoms. The molecule has 2 atom stereocenters. The van der Waals surface area contributed by atoms with Crippen molar-refractivity contribution in [2.24, 2.45) is 0 Å². The molecule has 2 N–H and O–H groups in total. The fourth-order valence-electron chi connectivity index (χ4n) is 2.14. The second-order valence-corrected chi connectivity index (χ2v) is 4.06. The molecule has 1 aromatic carbocycles. The van der Waals surface area contributed by atoms with Crippen LogP contribution >= 0.6 is 0 Å². The number of benzene rings is 1. The standard InChI is InChI=1S/C12H15NO3/c1-13-12(11(14)15)7-10(12)8-4-3-5-9(6-8)16-2/h3-6,10,13H,7H2,1-2H3,(H,14,15). The molecule has 16 heavy (non-hydrogen) atoms. The Kier molecular flexibility index (Phi) is 2.59. The molecule has 1 aliphatic carbocycles. The third kappa shape index (κ3) is 1.55. The van der Waals surface area contributed by atoms with Crippen molar-refractivity contribution < 1.29 is 14.6 Å². The molecule has 0 heterocycles. The van der Waals surface area contributed by atoms with Gasteiger partial charge < -0.3 is 15.2 Å². The zero-order chi connectivity index (χ0) is 11.8. The van der Waals surface area contributed by atoms with Crippen LogP contribution in [0.3, 0.4) is 0 Å². The number of hydrogen-bond donors (Lipinski definition) is 2. The first-order valence-corrected chi connectivity index (χ1v) is 5.20. The summed E-state index contributed by atoms with van der Waals surface area (Å²) in [5.74, 6) is 0.00714. The number of likely N-dealkylation sites (N-methyl/N-ethyl adjacent to an activating group) is 1. The number of methoxy groups -OCH3 is 1. The second kappa shape index (κ2) is 3.79. The second-order valence-electron chi connectivity index (χ2n) is 4.06. The van der Waals surface area contributed by atoms with E-state index in [0.717, 1.165) is 11.3 Å². The van der Waals surface area contributed by atoms with E-state index in [0.29, 0.717) is 6.42 Å². The van der Waals surface area contributed by atoms with Crippen LogP contribution in [0.25, 0.3) is 0 Å². The van der Waals surface area contributed by atoms with Crippen molar-refractivity contribution in [3.63, 3.8) is 0 Å². The van der Waals surface area contributed by atoms with Crippen molar-refractivity contribution >= 4 is 5.97 Å². The lowest BCUT2D eigenvalue weighted by molar-refractivity contribution is -0.140. The van der Waals surface area contributed by atoms with Crippen LogP contribution in [0.2, 0.25) is 0 Å². The Morgan fingerprint density at radius 1 is 1.62 bits per heavy atom. The van der Waals surface area contributed by atoms with Gasteiger partial charge in [-0.2, -0.15) is 0 Å². The minimum absolute atomic E-state index is 0.0325. The first-order chi connectivity index (χ1) is 7.64. The number of ether oxygens (including phenoxy) is 1. The van der Waals surface area contributed by atoms with Gasteiger partial charge in [-0.25, -0.2) is 0 Å². The SMILES string of the molecule is CNC1(C(=O)O)CC1c1cccc(OC)c1. The fraction of sp³-hybridized carbons (Fsp3) is 0.417. The Morgan fingerprint density at radius 2 is 2.38 bits per heavy atom. The highest BCUT2D eigenvalue weighted by Crippen LogP contribution is 2.51. The van der Waals surface area contributed by atoms with Crippen LogP contribution in [0, 0.1) is 0 Å². The van der Waals surface area contributed by atoms with Crippen molar-refractivity contribution in [2.75, 3.05) is 14.2 Å². The lowest BCUT2D eigenvalue weighted by Crippen LogP contribution is -2.38. The Labute approximate surface area is 94.2 Å². The predicted octanol–water partition coefficient (Wildman–Crippen LogP) is 1.23. The van der Waals surface area contributed by atoms with E-state index in [1.807, 2.05) is 24.3 Å². The number of rotatable bonds is 4. The molecule has 4 nitrogen and oxygen atoms in total. The summed E-state index contributed by atoms with van der Waals surface area (Å²) in [5, 5.41) is 12.1. The van der Waals surface area contributed by atoms with Gasteiger partial charge in [-0.1, -0.05) is 12.1 Å². The van der Waals surface area contributed by atoms with Gasteiger partial charge >= 0.3 is 5.97 Å². The molecule has 0 aromatic heterocycles. The third-order valence-corrected chi connectivity index (χ3v) is 3.28. The Morgan fingerprint density at radius 3 is 2.88 bits per heavy atom. The van der Waals surface area contributed by atoms with Crippen molar-refractivity contribution in [3.8, 4) is 5.75 Å². The largest absolute Gasteiger partial charge is 0.497 e. The van der Waals surface area contributed by atoms with Crippen molar-refractivity contribution in [1.29, 1.82) is 0 Å². The summed E-state index contributed by atoms with van der Waals surface area (Å²) >= 11 is 0. The minimum atomic E-state index is -0.789. The van der Waals surface area contributed by atoms with Crippen molar-refractivity contribution in [2.45, 2.75) is 17.9 Å². The smallest absolute Gasteiger partial charge is 0.324 e. The maximum atomic E-state index is 11.2. The number of hydrogen-bond acceptors (Lipinski definition) is 3. The van der Waals surface area contributed by atoms with E-state index in [-0.39, 0.29) is 5.92 Å². The van der Waals surface area contributed by atoms with Crippen LogP contribution in [0.1, 0.15) is 17.9 Å². The molecule has 0 aliphatic heterocycles. The molecule has 0 spiro atoms. The highest BCUT2D eigenvalue weighted by Gasteiger charge is 2.60. The lowest BCUT2D eigenvalue weighted by Gasteiger charge is -2.11. The normalized spacial score (nSPS) is 27.5. The van der Waals surface area contributed by atoms with Gasteiger partial charge in [-0.15, -0.1) is 0 Å². The molecule has 1 aliphatic rings. The van der Waals surface area contributed by atoms with Crippen LogP contribution in [-0.2, 0) is 4.79 Å². The quantitative estimate of drug-likeness (QED) is 0.802. The molecule has 2 rings (SSSR count). The van der Waals surface area contributed by atoms with E-state index in [9.17, 15) is 4.79 Å². The molecule has 1 fully saturated rings. The summed E-state index contributed by atoms with van der Waals surface area (Å²) in [6.07, 6.45) is 0.631. The topological polar surface area (TPSA) is 58.6 Å². The number of aliphatic carboxylic acids is 1. The number of carboxylic acids is 1. The van der Waals surface area contributed by atoms with Gasteiger partial charge in [0.15, 0.2) is 0 Å². The predicted molar refractivity (Wildman–Crippen MR) is 59.8 cm³/mol. The van der Waals surface area contributed by atoms with Gasteiger partial charge in [0.2, 0.25) is 0 Å². The molecular formula is C12H15NO3. The number of carbonyl (C=O) groups is 1. The summed E-state index contributed by atoms with van der Waals surface area (Å²) in [6, 6.07) is 7.57. The Hall–Kier alpha value is -1.55. The van der Waals surface area contributed by atoms with Gasteiger partial charge in [0, 0.05) is 5.92 Å². The minimum Gasteiger partial charge on any atom is -0.497 e. The third-order valence-electron chi connectivity index (χ3n) is 3.28. The fourth-order valence-corrected chi connectivity index (χ4v) is 2.14. The molecule has 86 valence electrons. The Bertz CT molecular complexity index is 418. The highest BCUT2D eigenvalue weighted by atomic mass is 16.5. The maximum absolute atomic E-state index is 11.2. The van der Waals surface area contributed by atoms with E-state index in [4.69, 9.17) is 9.84 Å². The number of carboxylic acid groups (broad SMARTS) is 1. The van der Waals surface area contributed by atoms with Crippen LogP contribution in [0.5, 0.6) is 5.75 Å². The molecule has 0 saturated heterocycles. The van der Waals surface area contributed by atoms with E-state index < -0.39 is 11.5 Å². The molecule has 0 radical (unpaired) electrons. The van der Waals surface area contributed by atoms with Crippen LogP contribution in [0.4, 0.5) is 0 Å². The average molecular weight is 221 g/mol. The summed E-state index contributed by atoms with van der Waals surface area (Å²) < 4.78 is 5.13. The Balaban J connectivity index is 2.24. The molecule has 1 aromatic rings. The van der Waals surface area contributed by atoms with Crippen LogP contribution < -0.4 is 10.1 Å². The van der Waals surface area contributed by atoms with E-state index >= 15 is 0 Å². The lowest BCUT2D eigenvalue weighted by atomic mass is 10.1. The van der Waals surface area contributed by atoms with Crippen molar-refractivity contribution in [3.05, 3.63) is 29.8 Å². The molecular weight excluding hydrogens is 206 g/mol. The van der Waals surface area contributed by atoms with Gasteiger partial charge in [0.1, 0.15) is 11.3 Å². The summed E-state index contributed by atoms with van der Waals surface area (Å²) in [4.78, 5) is 11.2. The van der Waals surface area contributed by atoms with E-state index in [1.165, 1.54) is 0 Å². The van der Waals surface area contributed by atoms with Crippen LogP contribution in [-0.4, -0.2) is 30.8 Å². The molecule has 0 amide bonds. The molecule has 2 unspecified atom stereocenters.